The number of carbonyl (C=O) groups excluding carboxylic acids is 1. The van der Waals surface area contributed by atoms with E-state index in [0.717, 1.165) is 12.8 Å². The van der Waals surface area contributed by atoms with Crippen LogP contribution in [0.5, 0.6) is 0 Å². The van der Waals surface area contributed by atoms with Crippen LogP contribution in [0.25, 0.3) is 11.4 Å². The van der Waals surface area contributed by atoms with E-state index in [9.17, 15) is 9.18 Å². The van der Waals surface area contributed by atoms with Gasteiger partial charge < -0.3 is 10.2 Å². The molecule has 9 heteroatoms. The van der Waals surface area contributed by atoms with E-state index in [1.165, 1.54) is 24.7 Å². The standard InChI is InChI=1S/C21H18ClFN6O/c22-17-9-27-18(10-26-17)28-15-7-12-8-16(15)29(11-12)21(30)13-3-1-4-14(23)19(13)20-24-5-2-6-25-20/h1-6,9-10,12,15-16H,7-8,11H2,(H,27,28)/t12-,15-,16+/m1/s1. The topological polar surface area (TPSA) is 83.9 Å². The number of benzene rings is 1. The summed E-state index contributed by atoms with van der Waals surface area (Å²) in [5.74, 6) is 0.491. The largest absolute Gasteiger partial charge is 0.364 e. The van der Waals surface area contributed by atoms with Gasteiger partial charge in [-0.1, -0.05) is 17.7 Å². The first-order valence-electron chi connectivity index (χ1n) is 9.71. The number of fused-ring (bicyclic) bond motifs is 2. The summed E-state index contributed by atoms with van der Waals surface area (Å²) >= 11 is 5.81. The number of aromatic nitrogens is 4. The van der Waals surface area contributed by atoms with Crippen molar-refractivity contribution in [2.45, 2.75) is 24.9 Å². The lowest BCUT2D eigenvalue weighted by Gasteiger charge is -2.34. The molecule has 152 valence electrons. The fraction of sp³-hybridized carbons (Fsp3) is 0.286. The molecule has 3 aromatic rings. The molecule has 3 atom stereocenters. The molecule has 7 nitrogen and oxygen atoms in total. The van der Waals surface area contributed by atoms with Crippen molar-refractivity contribution < 1.29 is 9.18 Å². The van der Waals surface area contributed by atoms with E-state index in [4.69, 9.17) is 11.6 Å². The van der Waals surface area contributed by atoms with Crippen molar-refractivity contribution in [2.75, 3.05) is 11.9 Å². The van der Waals surface area contributed by atoms with Gasteiger partial charge in [0.25, 0.3) is 5.91 Å². The first-order chi connectivity index (χ1) is 14.6. The van der Waals surface area contributed by atoms with Gasteiger partial charge in [-0.2, -0.15) is 0 Å². The Labute approximate surface area is 177 Å². The maximum atomic E-state index is 14.7. The molecule has 1 aliphatic carbocycles. The highest BCUT2D eigenvalue weighted by atomic mass is 35.5. The van der Waals surface area contributed by atoms with Crippen LogP contribution in [0, 0.1) is 11.7 Å². The monoisotopic (exact) mass is 424 g/mol. The Morgan fingerprint density at radius 3 is 2.67 bits per heavy atom. The average molecular weight is 425 g/mol. The summed E-state index contributed by atoms with van der Waals surface area (Å²) in [6, 6.07) is 6.20. The van der Waals surface area contributed by atoms with Gasteiger partial charge >= 0.3 is 0 Å². The second-order valence-corrected chi connectivity index (χ2v) is 7.96. The molecule has 1 aromatic carbocycles. The zero-order valence-corrected chi connectivity index (χ0v) is 16.6. The molecule has 1 saturated heterocycles. The summed E-state index contributed by atoms with van der Waals surface area (Å²) in [7, 11) is 0. The smallest absolute Gasteiger partial charge is 0.255 e. The Kier molecular flexibility index (Phi) is 4.78. The van der Waals surface area contributed by atoms with Gasteiger partial charge in [0.2, 0.25) is 0 Å². The molecule has 5 rings (SSSR count). The molecule has 0 unspecified atom stereocenters. The third-order valence-electron chi connectivity index (χ3n) is 5.73. The minimum absolute atomic E-state index is 0.00668. The van der Waals surface area contributed by atoms with Crippen molar-refractivity contribution in [2.24, 2.45) is 5.92 Å². The van der Waals surface area contributed by atoms with Gasteiger partial charge in [0.15, 0.2) is 5.82 Å². The number of amides is 1. The Morgan fingerprint density at radius 1 is 1.10 bits per heavy atom. The van der Waals surface area contributed by atoms with Crippen LogP contribution < -0.4 is 5.32 Å². The number of halogens is 2. The number of rotatable bonds is 4. The zero-order chi connectivity index (χ0) is 20.7. The molecule has 0 spiro atoms. The van der Waals surface area contributed by atoms with E-state index in [1.807, 2.05) is 4.90 Å². The molecule has 2 aromatic heterocycles. The number of likely N-dealkylation sites (tertiary alicyclic amines) is 1. The lowest BCUT2D eigenvalue weighted by molar-refractivity contribution is 0.0692. The molecular weight excluding hydrogens is 407 g/mol. The molecule has 3 heterocycles. The van der Waals surface area contributed by atoms with E-state index in [1.54, 1.807) is 24.4 Å². The molecule has 1 amide bonds. The van der Waals surface area contributed by atoms with Crippen molar-refractivity contribution in [3.63, 3.8) is 0 Å². The highest BCUT2D eigenvalue weighted by Gasteiger charge is 2.47. The van der Waals surface area contributed by atoms with Gasteiger partial charge in [0.05, 0.1) is 29.6 Å². The van der Waals surface area contributed by atoms with Crippen LogP contribution >= 0.6 is 11.6 Å². The zero-order valence-electron chi connectivity index (χ0n) is 15.9. The molecule has 30 heavy (non-hydrogen) atoms. The predicted molar refractivity (Wildman–Crippen MR) is 109 cm³/mol. The van der Waals surface area contributed by atoms with Crippen LogP contribution in [-0.4, -0.2) is 49.4 Å². The Morgan fingerprint density at radius 2 is 1.93 bits per heavy atom. The third kappa shape index (κ3) is 3.37. The second-order valence-electron chi connectivity index (χ2n) is 7.57. The predicted octanol–water partition coefficient (Wildman–Crippen LogP) is 3.44. The van der Waals surface area contributed by atoms with Crippen LogP contribution in [0.1, 0.15) is 23.2 Å². The summed E-state index contributed by atoms with van der Waals surface area (Å²) in [6.07, 6.45) is 7.98. The van der Waals surface area contributed by atoms with Crippen LogP contribution in [-0.2, 0) is 0 Å². The van der Waals surface area contributed by atoms with Gasteiger partial charge in [-0.3, -0.25) is 4.79 Å². The lowest BCUT2D eigenvalue weighted by atomic mass is 10.0. The maximum Gasteiger partial charge on any atom is 0.255 e. The molecule has 1 aliphatic heterocycles. The fourth-order valence-electron chi connectivity index (χ4n) is 4.50. The fourth-order valence-corrected chi connectivity index (χ4v) is 4.60. The van der Waals surface area contributed by atoms with Crippen LogP contribution in [0.2, 0.25) is 5.15 Å². The van der Waals surface area contributed by atoms with Crippen molar-refractivity contribution >= 4 is 23.3 Å². The molecule has 2 bridgehead atoms. The molecule has 0 radical (unpaired) electrons. The number of nitrogens with zero attached hydrogens (tertiary/aromatic N) is 5. The van der Waals surface area contributed by atoms with E-state index in [0.29, 0.717) is 23.4 Å². The van der Waals surface area contributed by atoms with Crippen LogP contribution in [0.15, 0.2) is 49.1 Å². The summed E-state index contributed by atoms with van der Waals surface area (Å²) < 4.78 is 14.7. The third-order valence-corrected chi connectivity index (χ3v) is 5.92. The van der Waals surface area contributed by atoms with Gasteiger partial charge in [-0.25, -0.2) is 24.3 Å². The minimum atomic E-state index is -0.512. The summed E-state index contributed by atoms with van der Waals surface area (Å²) in [5, 5.41) is 3.69. The second kappa shape index (κ2) is 7.60. The number of anilines is 1. The van der Waals surface area contributed by atoms with Crippen LogP contribution in [0.4, 0.5) is 10.2 Å². The van der Waals surface area contributed by atoms with E-state index < -0.39 is 5.82 Å². The van der Waals surface area contributed by atoms with Gasteiger partial charge in [-0.05, 0) is 37.0 Å². The summed E-state index contributed by atoms with van der Waals surface area (Å²) in [6.45, 7) is 0.652. The number of carbonyl (C=O) groups is 1. The highest BCUT2D eigenvalue weighted by Crippen LogP contribution is 2.40. The van der Waals surface area contributed by atoms with Crippen molar-refractivity contribution in [1.82, 2.24) is 24.8 Å². The SMILES string of the molecule is O=C(c1cccc(F)c1-c1ncccn1)N1C[C@@H]2C[C@@H](Nc3cnc(Cl)cn3)[C@@H]1C2. The molecule has 1 N–H and O–H groups in total. The quantitative estimate of drug-likeness (QED) is 0.690. The van der Waals surface area contributed by atoms with E-state index in [2.05, 4.69) is 25.3 Å². The molecule has 2 aliphatic rings. The van der Waals surface area contributed by atoms with E-state index in [-0.39, 0.29) is 34.9 Å². The number of piperidine rings is 1. The van der Waals surface area contributed by atoms with Crippen molar-refractivity contribution in [3.8, 4) is 11.4 Å². The average Bonchev–Trinajstić information content (AvgIpc) is 3.36. The molecule has 2 fully saturated rings. The van der Waals surface area contributed by atoms with Crippen molar-refractivity contribution in [1.29, 1.82) is 0 Å². The highest BCUT2D eigenvalue weighted by molar-refractivity contribution is 6.29. The number of hydrogen-bond acceptors (Lipinski definition) is 6. The Hall–Kier alpha value is -3.13. The lowest BCUT2D eigenvalue weighted by Crippen LogP contribution is -2.48. The number of hydrogen-bond donors (Lipinski definition) is 1. The normalized spacial score (nSPS) is 22.3. The summed E-state index contributed by atoms with van der Waals surface area (Å²) in [4.78, 5) is 31.9. The van der Waals surface area contributed by atoms with Gasteiger partial charge in [0, 0.05) is 25.0 Å². The number of nitrogens with one attached hydrogen (secondary N) is 1. The maximum absolute atomic E-state index is 14.7. The molecule has 1 saturated carbocycles. The Balaban J connectivity index is 1.42. The molecular formula is C21H18ClFN6O. The first-order valence-corrected chi connectivity index (χ1v) is 10.1. The van der Waals surface area contributed by atoms with Crippen LogP contribution in [0.3, 0.4) is 0 Å². The first kappa shape index (κ1) is 18.9. The Bertz CT molecular complexity index is 1080. The van der Waals surface area contributed by atoms with E-state index >= 15 is 0 Å². The van der Waals surface area contributed by atoms with Crippen molar-refractivity contribution in [3.05, 3.63) is 65.6 Å². The minimum Gasteiger partial charge on any atom is -0.364 e. The summed E-state index contributed by atoms with van der Waals surface area (Å²) in [5.41, 5.74) is 0.415. The van der Waals surface area contributed by atoms with Gasteiger partial charge in [0.1, 0.15) is 16.8 Å². The van der Waals surface area contributed by atoms with Gasteiger partial charge in [-0.15, -0.1) is 0 Å².